The van der Waals surface area contributed by atoms with E-state index in [0.717, 1.165) is 22.6 Å². The first kappa shape index (κ1) is 8.45. The van der Waals surface area contributed by atoms with Gasteiger partial charge in [0.15, 0.2) is 11.0 Å². The Balaban J connectivity index is 2.64. The Morgan fingerprint density at radius 1 is 1.54 bits per heavy atom. The van der Waals surface area contributed by atoms with Crippen LogP contribution in [0.15, 0.2) is 23.3 Å². The minimum absolute atomic E-state index is 0.411. The number of rotatable bonds is 0. The van der Waals surface area contributed by atoms with Crippen molar-refractivity contribution in [2.45, 2.75) is 6.92 Å². The van der Waals surface area contributed by atoms with Crippen molar-refractivity contribution in [1.82, 2.24) is 4.90 Å². The molecule has 3 heteroatoms. The molecule has 0 amide bonds. The normalized spacial score (nSPS) is 15.8. The van der Waals surface area contributed by atoms with Crippen molar-refractivity contribution in [3.8, 4) is 0 Å². The smallest absolute Gasteiger partial charge is 0.194 e. The number of nitrogens with zero attached hydrogens (tertiary/aromatic N) is 1. The van der Waals surface area contributed by atoms with Crippen molar-refractivity contribution < 1.29 is 4.42 Å². The van der Waals surface area contributed by atoms with Crippen molar-refractivity contribution in [3.05, 3.63) is 35.4 Å². The minimum atomic E-state index is 0.411. The van der Waals surface area contributed by atoms with Crippen LogP contribution in [0.4, 0.5) is 0 Å². The van der Waals surface area contributed by atoms with E-state index in [4.69, 9.17) is 16.0 Å². The zero-order valence-electron chi connectivity index (χ0n) is 7.60. The molecule has 68 valence electrons. The molecule has 0 spiro atoms. The highest BCUT2D eigenvalue weighted by Gasteiger charge is 2.20. The number of furan rings is 1. The Morgan fingerprint density at radius 3 is 2.92 bits per heavy atom. The van der Waals surface area contributed by atoms with E-state index in [1.165, 1.54) is 0 Å². The van der Waals surface area contributed by atoms with E-state index in [-0.39, 0.29) is 0 Å². The van der Waals surface area contributed by atoms with Gasteiger partial charge in [-0.2, -0.15) is 0 Å². The molecule has 2 heterocycles. The van der Waals surface area contributed by atoms with E-state index in [1.54, 1.807) is 0 Å². The molecule has 0 radical (unpaired) electrons. The summed E-state index contributed by atoms with van der Waals surface area (Å²) in [4.78, 5) is 1.93. The van der Waals surface area contributed by atoms with Crippen molar-refractivity contribution >= 4 is 22.9 Å². The SMILES string of the molecule is C=C1c2oc(Cl)cc2C(C)=CN1C. The largest absolute Gasteiger partial charge is 0.443 e. The molecule has 0 bridgehead atoms. The molecule has 1 aliphatic heterocycles. The Kier molecular flexibility index (Phi) is 1.74. The molecule has 0 unspecified atom stereocenters. The van der Waals surface area contributed by atoms with Crippen LogP contribution in [0.1, 0.15) is 18.2 Å². The molecule has 0 aromatic carbocycles. The van der Waals surface area contributed by atoms with Crippen LogP contribution in [0.25, 0.3) is 11.3 Å². The fourth-order valence-corrected chi connectivity index (χ4v) is 1.65. The summed E-state index contributed by atoms with van der Waals surface area (Å²) < 4.78 is 5.34. The minimum Gasteiger partial charge on any atom is -0.443 e. The molecule has 0 N–H and O–H groups in total. The van der Waals surface area contributed by atoms with Gasteiger partial charge in [-0.3, -0.25) is 0 Å². The van der Waals surface area contributed by atoms with E-state index in [1.807, 2.05) is 31.1 Å². The maximum absolute atomic E-state index is 5.78. The van der Waals surface area contributed by atoms with Crippen LogP contribution in [0.2, 0.25) is 5.22 Å². The molecule has 0 fully saturated rings. The molecule has 1 aliphatic rings. The van der Waals surface area contributed by atoms with Crippen LogP contribution in [0, 0.1) is 0 Å². The fraction of sp³-hybridized carbons (Fsp3) is 0.200. The molecule has 0 atom stereocenters. The lowest BCUT2D eigenvalue weighted by Crippen LogP contribution is -2.13. The van der Waals surface area contributed by atoms with Crippen LogP contribution < -0.4 is 0 Å². The Hall–Kier alpha value is -1.15. The number of hydrogen-bond donors (Lipinski definition) is 0. The summed E-state index contributed by atoms with van der Waals surface area (Å²) in [5, 5.41) is 0.411. The van der Waals surface area contributed by atoms with Crippen molar-refractivity contribution in [1.29, 1.82) is 0 Å². The number of fused-ring (bicyclic) bond motifs is 1. The lowest BCUT2D eigenvalue weighted by molar-refractivity contribution is 0.521. The van der Waals surface area contributed by atoms with Gasteiger partial charge in [0.2, 0.25) is 0 Å². The molecule has 2 rings (SSSR count). The van der Waals surface area contributed by atoms with Gasteiger partial charge in [-0.25, -0.2) is 0 Å². The quantitative estimate of drug-likeness (QED) is 0.632. The van der Waals surface area contributed by atoms with E-state index in [2.05, 4.69) is 6.58 Å². The molecular formula is C10H10ClNO. The lowest BCUT2D eigenvalue weighted by atomic mass is 10.0. The zero-order valence-corrected chi connectivity index (χ0v) is 8.35. The third-order valence-electron chi connectivity index (χ3n) is 2.20. The second-order valence-corrected chi connectivity index (χ2v) is 3.54. The second kappa shape index (κ2) is 2.67. The van der Waals surface area contributed by atoms with Crippen molar-refractivity contribution in [2.24, 2.45) is 0 Å². The topological polar surface area (TPSA) is 16.4 Å². The van der Waals surface area contributed by atoms with E-state index < -0.39 is 0 Å². The van der Waals surface area contributed by atoms with Crippen LogP contribution in [-0.2, 0) is 0 Å². The van der Waals surface area contributed by atoms with Gasteiger partial charge >= 0.3 is 0 Å². The zero-order chi connectivity index (χ0) is 9.59. The van der Waals surface area contributed by atoms with Crippen LogP contribution in [-0.4, -0.2) is 11.9 Å². The highest BCUT2D eigenvalue weighted by Crippen LogP contribution is 2.35. The fourth-order valence-electron chi connectivity index (χ4n) is 1.47. The third-order valence-corrected chi connectivity index (χ3v) is 2.39. The summed E-state index contributed by atoms with van der Waals surface area (Å²) >= 11 is 5.78. The lowest BCUT2D eigenvalue weighted by Gasteiger charge is -2.22. The van der Waals surface area contributed by atoms with Gasteiger partial charge in [0.1, 0.15) is 0 Å². The maximum atomic E-state index is 5.78. The first-order chi connectivity index (χ1) is 6.09. The summed E-state index contributed by atoms with van der Waals surface area (Å²) in [5.41, 5.74) is 3.01. The van der Waals surface area contributed by atoms with Gasteiger partial charge in [0.05, 0.1) is 5.70 Å². The molecule has 1 aromatic heterocycles. The van der Waals surface area contributed by atoms with Gasteiger partial charge in [0, 0.05) is 24.9 Å². The molecule has 0 aliphatic carbocycles. The van der Waals surface area contributed by atoms with Gasteiger partial charge in [-0.05, 0) is 24.1 Å². The van der Waals surface area contributed by atoms with E-state index in [0.29, 0.717) is 5.22 Å². The van der Waals surface area contributed by atoms with Gasteiger partial charge in [-0.1, -0.05) is 6.58 Å². The van der Waals surface area contributed by atoms with Crippen LogP contribution in [0.5, 0.6) is 0 Å². The number of halogens is 1. The first-order valence-corrected chi connectivity index (χ1v) is 4.37. The van der Waals surface area contributed by atoms with Gasteiger partial charge < -0.3 is 9.32 Å². The second-order valence-electron chi connectivity index (χ2n) is 3.16. The standard InChI is InChI=1S/C10H10ClNO/c1-6-5-12(3)7(2)10-8(6)4-9(11)13-10/h4-5H,2H2,1,3H3. The molecule has 2 nitrogen and oxygen atoms in total. The van der Waals surface area contributed by atoms with Crippen LogP contribution in [0.3, 0.4) is 0 Å². The average Bonchev–Trinajstić information content (AvgIpc) is 2.44. The Morgan fingerprint density at radius 2 is 2.23 bits per heavy atom. The summed E-state index contributed by atoms with van der Waals surface area (Å²) in [5.74, 6) is 0.771. The van der Waals surface area contributed by atoms with Gasteiger partial charge in [0.25, 0.3) is 0 Å². The highest BCUT2D eigenvalue weighted by atomic mass is 35.5. The maximum Gasteiger partial charge on any atom is 0.194 e. The summed E-state index contributed by atoms with van der Waals surface area (Å²) in [7, 11) is 1.94. The summed E-state index contributed by atoms with van der Waals surface area (Å²) in [6.45, 7) is 5.93. The Bertz CT molecular complexity index is 403. The Labute approximate surface area is 82.1 Å². The molecule has 0 saturated heterocycles. The molecule has 13 heavy (non-hydrogen) atoms. The van der Waals surface area contributed by atoms with Crippen molar-refractivity contribution in [3.63, 3.8) is 0 Å². The number of hydrogen-bond acceptors (Lipinski definition) is 2. The first-order valence-electron chi connectivity index (χ1n) is 4.00. The van der Waals surface area contributed by atoms with Crippen molar-refractivity contribution in [2.75, 3.05) is 7.05 Å². The monoisotopic (exact) mass is 195 g/mol. The third kappa shape index (κ3) is 1.18. The highest BCUT2D eigenvalue weighted by molar-refractivity contribution is 6.29. The summed E-state index contributed by atoms with van der Waals surface area (Å²) in [6, 6.07) is 1.82. The summed E-state index contributed by atoms with van der Waals surface area (Å²) in [6.07, 6.45) is 2.01. The van der Waals surface area contributed by atoms with Gasteiger partial charge in [-0.15, -0.1) is 0 Å². The number of allylic oxidation sites excluding steroid dienone is 1. The van der Waals surface area contributed by atoms with E-state index >= 15 is 0 Å². The predicted molar refractivity (Wildman–Crippen MR) is 54.2 cm³/mol. The predicted octanol–water partition coefficient (Wildman–Crippen LogP) is 3.21. The average molecular weight is 196 g/mol. The molecule has 0 saturated carbocycles. The molecule has 1 aromatic rings. The van der Waals surface area contributed by atoms with E-state index in [9.17, 15) is 0 Å². The van der Waals surface area contributed by atoms with Crippen LogP contribution >= 0.6 is 11.6 Å². The molecular weight excluding hydrogens is 186 g/mol.